The Morgan fingerprint density at radius 1 is 0.727 bits per heavy atom. The van der Waals surface area contributed by atoms with Gasteiger partial charge in [0.05, 0.1) is 6.61 Å². The standard InChI is InChI=1S/C20H36O2/c1-15-2-4-16(5-3-15)6-7-17-8-10-18(11-9-17)19-12-13-20(21)22-14-19/h15-21H,2-14H2,1H3. The monoisotopic (exact) mass is 308 g/mol. The molecule has 2 nitrogen and oxygen atoms in total. The number of hydrogen-bond acceptors (Lipinski definition) is 2. The van der Waals surface area contributed by atoms with Crippen LogP contribution >= 0.6 is 0 Å². The van der Waals surface area contributed by atoms with Crippen molar-refractivity contribution in [3.05, 3.63) is 0 Å². The van der Waals surface area contributed by atoms with E-state index in [1.54, 1.807) is 0 Å². The van der Waals surface area contributed by atoms with Crippen LogP contribution in [-0.2, 0) is 4.74 Å². The van der Waals surface area contributed by atoms with E-state index in [-0.39, 0.29) is 0 Å². The molecule has 0 amide bonds. The van der Waals surface area contributed by atoms with Gasteiger partial charge in [0, 0.05) is 0 Å². The van der Waals surface area contributed by atoms with E-state index in [2.05, 4.69) is 6.92 Å². The van der Waals surface area contributed by atoms with Crippen LogP contribution in [0.4, 0.5) is 0 Å². The molecule has 0 radical (unpaired) electrons. The fourth-order valence-electron chi connectivity index (χ4n) is 5.17. The Morgan fingerprint density at radius 2 is 1.27 bits per heavy atom. The molecule has 1 N–H and O–H groups in total. The van der Waals surface area contributed by atoms with Crippen LogP contribution in [0.5, 0.6) is 0 Å². The van der Waals surface area contributed by atoms with Gasteiger partial charge >= 0.3 is 0 Å². The molecule has 0 aromatic heterocycles. The van der Waals surface area contributed by atoms with Gasteiger partial charge in [-0.2, -0.15) is 0 Å². The molecule has 22 heavy (non-hydrogen) atoms. The van der Waals surface area contributed by atoms with E-state index in [0.29, 0.717) is 0 Å². The number of aliphatic hydroxyl groups is 1. The highest BCUT2D eigenvalue weighted by Gasteiger charge is 2.31. The first-order valence-electron chi connectivity index (χ1n) is 10.0. The summed E-state index contributed by atoms with van der Waals surface area (Å²) in [6.45, 7) is 3.22. The number of aliphatic hydroxyl groups excluding tert-OH is 1. The summed E-state index contributed by atoms with van der Waals surface area (Å²) in [5.74, 6) is 4.64. The van der Waals surface area contributed by atoms with Crippen molar-refractivity contribution in [2.24, 2.45) is 29.6 Å². The van der Waals surface area contributed by atoms with Gasteiger partial charge in [0.25, 0.3) is 0 Å². The molecule has 2 heteroatoms. The molecule has 2 aliphatic carbocycles. The maximum Gasteiger partial charge on any atom is 0.154 e. The molecule has 128 valence electrons. The molecule has 0 aromatic carbocycles. The average Bonchev–Trinajstić information content (AvgIpc) is 2.56. The minimum absolute atomic E-state index is 0.481. The second-order valence-electron chi connectivity index (χ2n) is 8.61. The van der Waals surface area contributed by atoms with Crippen molar-refractivity contribution in [3.8, 4) is 0 Å². The minimum Gasteiger partial charge on any atom is -0.368 e. The third-order valence-electron chi connectivity index (χ3n) is 6.96. The van der Waals surface area contributed by atoms with E-state index in [1.165, 1.54) is 70.6 Å². The fraction of sp³-hybridized carbons (Fsp3) is 1.00. The summed E-state index contributed by atoms with van der Waals surface area (Å²) in [4.78, 5) is 0. The predicted molar refractivity (Wildman–Crippen MR) is 90.5 cm³/mol. The van der Waals surface area contributed by atoms with Crippen molar-refractivity contribution in [1.29, 1.82) is 0 Å². The molecule has 2 unspecified atom stereocenters. The van der Waals surface area contributed by atoms with Crippen LogP contribution in [0.15, 0.2) is 0 Å². The van der Waals surface area contributed by atoms with E-state index in [1.807, 2.05) is 0 Å². The van der Waals surface area contributed by atoms with E-state index < -0.39 is 6.29 Å². The van der Waals surface area contributed by atoms with Gasteiger partial charge in [-0.3, -0.25) is 0 Å². The Hall–Kier alpha value is -0.0800. The molecular formula is C20H36O2. The Balaban J connectivity index is 1.32. The van der Waals surface area contributed by atoms with E-state index in [0.717, 1.165) is 42.6 Å². The number of hydrogen-bond donors (Lipinski definition) is 1. The topological polar surface area (TPSA) is 29.5 Å². The van der Waals surface area contributed by atoms with Crippen LogP contribution in [0.1, 0.15) is 84.0 Å². The van der Waals surface area contributed by atoms with Crippen LogP contribution in [0, 0.1) is 29.6 Å². The summed E-state index contributed by atoms with van der Waals surface area (Å²) in [5.41, 5.74) is 0. The smallest absolute Gasteiger partial charge is 0.154 e. The van der Waals surface area contributed by atoms with Crippen molar-refractivity contribution in [2.45, 2.75) is 90.3 Å². The molecule has 0 bridgehead atoms. The SMILES string of the molecule is CC1CCC(CCC2CCC(C3CCC(O)OC3)CC2)CC1. The third-order valence-corrected chi connectivity index (χ3v) is 6.96. The van der Waals surface area contributed by atoms with Crippen molar-refractivity contribution < 1.29 is 9.84 Å². The van der Waals surface area contributed by atoms with E-state index >= 15 is 0 Å². The Bertz CT molecular complexity index is 306. The Morgan fingerprint density at radius 3 is 1.82 bits per heavy atom. The molecule has 2 atom stereocenters. The maximum absolute atomic E-state index is 9.46. The van der Waals surface area contributed by atoms with Crippen LogP contribution < -0.4 is 0 Å². The highest BCUT2D eigenvalue weighted by Crippen LogP contribution is 2.40. The summed E-state index contributed by atoms with van der Waals surface area (Å²) in [6.07, 6.45) is 16.2. The zero-order valence-corrected chi connectivity index (χ0v) is 14.5. The maximum atomic E-state index is 9.46. The zero-order chi connectivity index (χ0) is 15.4. The van der Waals surface area contributed by atoms with Gasteiger partial charge in [0.15, 0.2) is 6.29 Å². The van der Waals surface area contributed by atoms with Crippen LogP contribution in [0.2, 0.25) is 0 Å². The molecule has 1 heterocycles. The second-order valence-corrected chi connectivity index (χ2v) is 8.61. The normalized spacial score (nSPS) is 43.9. The Kier molecular flexibility index (Phi) is 6.21. The van der Waals surface area contributed by atoms with Gasteiger partial charge in [-0.05, 0) is 55.3 Å². The highest BCUT2D eigenvalue weighted by atomic mass is 16.6. The first-order chi connectivity index (χ1) is 10.7. The first kappa shape index (κ1) is 16.8. The first-order valence-corrected chi connectivity index (χ1v) is 10.0. The molecule has 0 spiro atoms. The lowest BCUT2D eigenvalue weighted by Gasteiger charge is -2.37. The van der Waals surface area contributed by atoms with Gasteiger partial charge in [-0.15, -0.1) is 0 Å². The molecular weight excluding hydrogens is 272 g/mol. The number of rotatable bonds is 4. The fourth-order valence-corrected chi connectivity index (χ4v) is 5.17. The molecule has 3 aliphatic rings. The summed E-state index contributed by atoms with van der Waals surface area (Å²) in [5, 5.41) is 9.46. The summed E-state index contributed by atoms with van der Waals surface area (Å²) < 4.78 is 5.46. The summed E-state index contributed by atoms with van der Waals surface area (Å²) >= 11 is 0. The van der Waals surface area contributed by atoms with Gasteiger partial charge in [-0.25, -0.2) is 0 Å². The highest BCUT2D eigenvalue weighted by molar-refractivity contribution is 4.80. The van der Waals surface area contributed by atoms with Crippen LogP contribution in [0.25, 0.3) is 0 Å². The number of ether oxygens (including phenoxy) is 1. The largest absolute Gasteiger partial charge is 0.368 e. The summed E-state index contributed by atoms with van der Waals surface area (Å²) in [6, 6.07) is 0. The molecule has 0 aromatic rings. The average molecular weight is 309 g/mol. The van der Waals surface area contributed by atoms with Gasteiger partial charge in [0.2, 0.25) is 0 Å². The van der Waals surface area contributed by atoms with Crippen molar-refractivity contribution in [3.63, 3.8) is 0 Å². The Labute approximate surface area is 137 Å². The second kappa shape index (κ2) is 8.15. The quantitative estimate of drug-likeness (QED) is 0.778. The predicted octanol–water partition coefficient (Wildman–Crippen LogP) is 5.14. The zero-order valence-electron chi connectivity index (χ0n) is 14.5. The van der Waals surface area contributed by atoms with Crippen molar-refractivity contribution in [1.82, 2.24) is 0 Å². The lowest BCUT2D eigenvalue weighted by atomic mass is 9.72. The molecule has 3 rings (SSSR count). The molecule has 1 saturated heterocycles. The van der Waals surface area contributed by atoms with Crippen LogP contribution in [-0.4, -0.2) is 18.0 Å². The van der Waals surface area contributed by atoms with Gasteiger partial charge < -0.3 is 9.84 Å². The molecule has 1 aliphatic heterocycles. The summed E-state index contributed by atoms with van der Waals surface area (Å²) in [7, 11) is 0. The van der Waals surface area contributed by atoms with E-state index in [4.69, 9.17) is 4.74 Å². The van der Waals surface area contributed by atoms with Gasteiger partial charge in [0.1, 0.15) is 0 Å². The van der Waals surface area contributed by atoms with Crippen molar-refractivity contribution in [2.75, 3.05) is 6.61 Å². The third kappa shape index (κ3) is 4.71. The lowest BCUT2D eigenvalue weighted by Crippen LogP contribution is -2.32. The van der Waals surface area contributed by atoms with Gasteiger partial charge in [-0.1, -0.05) is 58.3 Å². The van der Waals surface area contributed by atoms with E-state index in [9.17, 15) is 5.11 Å². The lowest BCUT2D eigenvalue weighted by molar-refractivity contribution is -0.149. The van der Waals surface area contributed by atoms with Crippen LogP contribution in [0.3, 0.4) is 0 Å². The molecule has 2 saturated carbocycles. The minimum atomic E-state index is -0.481. The molecule has 3 fully saturated rings. The van der Waals surface area contributed by atoms with Crippen molar-refractivity contribution >= 4 is 0 Å².